The summed E-state index contributed by atoms with van der Waals surface area (Å²) in [5.74, 6) is -0.931. The van der Waals surface area contributed by atoms with Gasteiger partial charge in [-0.05, 0) is 30.3 Å². The first-order chi connectivity index (χ1) is 9.51. The van der Waals surface area contributed by atoms with Crippen molar-refractivity contribution in [2.75, 3.05) is 12.4 Å². The van der Waals surface area contributed by atoms with Crippen molar-refractivity contribution in [2.24, 2.45) is 0 Å². The monoisotopic (exact) mass is 311 g/mol. The molecule has 0 aliphatic rings. The molecule has 2 N–H and O–H groups in total. The number of carboxylic acid groups (broad SMARTS) is 1. The summed E-state index contributed by atoms with van der Waals surface area (Å²) in [5.41, 5.74) is 0.506. The number of anilines is 1. The van der Waals surface area contributed by atoms with Crippen molar-refractivity contribution in [1.29, 1.82) is 0 Å². The summed E-state index contributed by atoms with van der Waals surface area (Å²) in [7, 11) is 1.50. The smallest absolute Gasteiger partial charge is 0.345 e. The van der Waals surface area contributed by atoms with Crippen molar-refractivity contribution in [3.63, 3.8) is 0 Å². The predicted octanol–water partition coefficient (Wildman–Crippen LogP) is 3.36. The Hall–Kier alpha value is -2.05. The lowest BCUT2D eigenvalue weighted by atomic mass is 10.3. The van der Waals surface area contributed by atoms with E-state index in [1.165, 1.54) is 19.2 Å². The van der Waals surface area contributed by atoms with E-state index in [1.807, 2.05) is 0 Å². The summed E-state index contributed by atoms with van der Waals surface area (Å²) in [6.45, 7) is 0. The van der Waals surface area contributed by atoms with Crippen LogP contribution in [0.25, 0.3) is 0 Å². The second-order valence-corrected chi connectivity index (χ2v) is 5.26. The maximum Gasteiger partial charge on any atom is 0.345 e. The van der Waals surface area contributed by atoms with Gasteiger partial charge in [-0.1, -0.05) is 11.6 Å². The summed E-state index contributed by atoms with van der Waals surface area (Å²) >= 11 is 6.86. The van der Waals surface area contributed by atoms with Crippen LogP contribution in [0.15, 0.2) is 30.3 Å². The van der Waals surface area contributed by atoms with Gasteiger partial charge in [-0.25, -0.2) is 4.79 Å². The highest BCUT2D eigenvalue weighted by Gasteiger charge is 2.13. The van der Waals surface area contributed by atoms with E-state index in [0.717, 1.165) is 11.3 Å². The molecule has 0 spiro atoms. The van der Waals surface area contributed by atoms with Crippen molar-refractivity contribution in [3.8, 4) is 5.75 Å². The first kappa shape index (κ1) is 14.4. The van der Waals surface area contributed by atoms with Crippen LogP contribution in [0.4, 0.5) is 5.69 Å². The molecule has 1 aromatic carbocycles. The predicted molar refractivity (Wildman–Crippen MR) is 77.2 cm³/mol. The Labute approximate surface area is 123 Å². The summed E-state index contributed by atoms with van der Waals surface area (Å²) < 4.78 is 5.01. The van der Waals surface area contributed by atoms with Crippen molar-refractivity contribution in [1.82, 2.24) is 0 Å². The molecule has 0 unspecified atom stereocenters. The number of carbonyl (C=O) groups is 2. The Morgan fingerprint density at radius 1 is 1.25 bits per heavy atom. The van der Waals surface area contributed by atoms with Crippen molar-refractivity contribution >= 4 is 40.5 Å². The first-order valence-electron chi connectivity index (χ1n) is 5.49. The number of hydrogen-bond donors (Lipinski definition) is 2. The number of carbonyl (C=O) groups excluding carboxylic acids is 1. The Kier molecular flexibility index (Phi) is 4.26. The molecule has 1 aromatic heterocycles. The van der Waals surface area contributed by atoms with Crippen molar-refractivity contribution in [3.05, 3.63) is 45.1 Å². The summed E-state index contributed by atoms with van der Waals surface area (Å²) in [5, 5.41) is 11.8. The van der Waals surface area contributed by atoms with Gasteiger partial charge in [0, 0.05) is 5.69 Å². The maximum atomic E-state index is 11.9. The van der Waals surface area contributed by atoms with Crippen molar-refractivity contribution < 1.29 is 19.4 Å². The second kappa shape index (κ2) is 5.94. The second-order valence-electron chi connectivity index (χ2n) is 3.77. The molecule has 0 radical (unpaired) electrons. The molecule has 0 saturated carbocycles. The molecule has 0 bridgehead atoms. The lowest BCUT2D eigenvalue weighted by molar-refractivity contribution is 0.0702. The van der Waals surface area contributed by atoms with E-state index in [2.05, 4.69) is 5.32 Å². The third-order valence-electron chi connectivity index (χ3n) is 2.45. The third-order valence-corrected chi connectivity index (χ3v) is 3.82. The number of benzene rings is 1. The third kappa shape index (κ3) is 3.09. The van der Waals surface area contributed by atoms with Crippen LogP contribution < -0.4 is 10.1 Å². The quantitative estimate of drug-likeness (QED) is 0.907. The molecule has 1 heterocycles. The van der Waals surface area contributed by atoms with Crippen LogP contribution in [-0.2, 0) is 0 Å². The summed E-state index contributed by atoms with van der Waals surface area (Å²) in [6, 6.07) is 7.70. The Morgan fingerprint density at radius 2 is 1.95 bits per heavy atom. The summed E-state index contributed by atoms with van der Waals surface area (Å²) in [4.78, 5) is 23.1. The average molecular weight is 312 g/mol. The van der Waals surface area contributed by atoms with Gasteiger partial charge in [0.2, 0.25) is 0 Å². The van der Waals surface area contributed by atoms with Gasteiger partial charge >= 0.3 is 5.97 Å². The normalized spacial score (nSPS) is 10.1. The number of amides is 1. The number of halogens is 1. The molecule has 104 valence electrons. The van der Waals surface area contributed by atoms with Gasteiger partial charge in [0.05, 0.1) is 17.0 Å². The number of nitrogens with one attached hydrogen (secondary N) is 1. The van der Waals surface area contributed by atoms with E-state index < -0.39 is 5.97 Å². The number of rotatable bonds is 4. The molecular weight excluding hydrogens is 302 g/mol. The maximum absolute atomic E-state index is 11.9. The van der Waals surface area contributed by atoms with Crippen molar-refractivity contribution in [2.45, 2.75) is 0 Å². The molecule has 0 saturated heterocycles. The zero-order chi connectivity index (χ0) is 14.7. The highest BCUT2D eigenvalue weighted by Crippen LogP contribution is 2.27. The number of thiophene rings is 1. The van der Waals surface area contributed by atoms with E-state index in [9.17, 15) is 9.59 Å². The average Bonchev–Trinajstić information content (AvgIpc) is 2.88. The number of hydrogen-bond acceptors (Lipinski definition) is 4. The zero-order valence-electron chi connectivity index (χ0n) is 10.3. The lowest BCUT2D eigenvalue weighted by Crippen LogP contribution is -2.10. The van der Waals surface area contributed by atoms with Gasteiger partial charge in [-0.2, -0.15) is 0 Å². The molecule has 0 aliphatic heterocycles. The number of carboxylic acids is 1. The molecule has 0 fully saturated rings. The van der Waals surface area contributed by atoms with Crippen LogP contribution >= 0.6 is 22.9 Å². The SMILES string of the molecule is COc1ccc(NC(=O)c2ccc(C(=O)O)s2)cc1Cl. The van der Waals surface area contributed by atoms with Gasteiger partial charge in [0.1, 0.15) is 10.6 Å². The summed E-state index contributed by atoms with van der Waals surface area (Å²) in [6.07, 6.45) is 0. The van der Waals surface area contributed by atoms with Crippen LogP contribution in [0.2, 0.25) is 5.02 Å². The van der Waals surface area contributed by atoms with Gasteiger partial charge in [-0.3, -0.25) is 4.79 Å². The molecule has 2 rings (SSSR count). The van der Waals surface area contributed by atoms with E-state index in [1.54, 1.807) is 18.2 Å². The zero-order valence-corrected chi connectivity index (χ0v) is 11.9. The molecule has 20 heavy (non-hydrogen) atoms. The minimum atomic E-state index is -1.05. The van der Waals surface area contributed by atoms with Crippen LogP contribution in [0, 0.1) is 0 Å². The Morgan fingerprint density at radius 3 is 2.50 bits per heavy atom. The topological polar surface area (TPSA) is 75.6 Å². The van der Waals surface area contributed by atoms with Gasteiger partial charge in [-0.15, -0.1) is 11.3 Å². The van der Waals surface area contributed by atoms with Crippen LogP contribution in [-0.4, -0.2) is 24.1 Å². The molecular formula is C13H10ClNO4S. The van der Waals surface area contributed by atoms with Crippen LogP contribution in [0.3, 0.4) is 0 Å². The number of methoxy groups -OCH3 is 1. The van der Waals surface area contributed by atoms with E-state index >= 15 is 0 Å². The Bertz CT molecular complexity index is 668. The Balaban J connectivity index is 2.14. The van der Waals surface area contributed by atoms with E-state index in [0.29, 0.717) is 21.3 Å². The van der Waals surface area contributed by atoms with E-state index in [4.69, 9.17) is 21.4 Å². The minimum Gasteiger partial charge on any atom is -0.495 e. The van der Waals surface area contributed by atoms with Crippen LogP contribution in [0.5, 0.6) is 5.75 Å². The van der Waals surface area contributed by atoms with Gasteiger partial charge in [0.25, 0.3) is 5.91 Å². The first-order valence-corrected chi connectivity index (χ1v) is 6.68. The largest absolute Gasteiger partial charge is 0.495 e. The fraction of sp³-hybridized carbons (Fsp3) is 0.0769. The number of aromatic carboxylic acids is 1. The lowest BCUT2D eigenvalue weighted by Gasteiger charge is -2.07. The number of ether oxygens (including phenoxy) is 1. The van der Waals surface area contributed by atoms with Gasteiger partial charge < -0.3 is 15.2 Å². The fourth-order valence-corrected chi connectivity index (χ4v) is 2.51. The van der Waals surface area contributed by atoms with E-state index in [-0.39, 0.29) is 10.8 Å². The molecule has 7 heteroatoms. The standard InChI is InChI=1S/C13H10ClNO4S/c1-19-9-3-2-7(6-8(9)14)15-12(16)10-4-5-11(20-10)13(17)18/h2-6H,1H3,(H,15,16)(H,17,18). The fourth-order valence-electron chi connectivity index (χ4n) is 1.51. The van der Waals surface area contributed by atoms with Gasteiger partial charge in [0.15, 0.2) is 0 Å². The highest BCUT2D eigenvalue weighted by atomic mass is 35.5. The van der Waals surface area contributed by atoms with Crippen LogP contribution in [0.1, 0.15) is 19.3 Å². The molecule has 2 aromatic rings. The molecule has 5 nitrogen and oxygen atoms in total. The molecule has 1 amide bonds. The minimum absolute atomic E-state index is 0.114. The highest BCUT2D eigenvalue weighted by molar-refractivity contribution is 7.15. The molecule has 0 aliphatic carbocycles. The molecule has 0 atom stereocenters.